The van der Waals surface area contributed by atoms with Gasteiger partial charge < -0.3 is 14.4 Å². The molecule has 0 spiro atoms. The molecule has 0 atom stereocenters. The molecule has 7 heteroatoms. The van der Waals surface area contributed by atoms with Crippen LogP contribution in [0.5, 0.6) is 5.75 Å². The second-order valence-corrected chi connectivity index (χ2v) is 5.76. The van der Waals surface area contributed by atoms with Gasteiger partial charge in [0.1, 0.15) is 6.54 Å². The van der Waals surface area contributed by atoms with Crippen LogP contribution in [-0.4, -0.2) is 50.3 Å². The number of nitrogens with zero attached hydrogens (tertiary/aromatic N) is 2. The van der Waals surface area contributed by atoms with E-state index in [0.717, 1.165) is 0 Å². The maximum absolute atomic E-state index is 13.8. The van der Waals surface area contributed by atoms with Crippen LogP contribution in [0.15, 0.2) is 18.2 Å². The van der Waals surface area contributed by atoms with E-state index >= 15 is 0 Å². The molecule has 23 heavy (non-hydrogen) atoms. The predicted octanol–water partition coefficient (Wildman–Crippen LogP) is 2.28. The molecule has 0 unspecified atom stereocenters. The Morgan fingerprint density at radius 2 is 2.09 bits per heavy atom. The number of ether oxygens (including phenoxy) is 2. The van der Waals surface area contributed by atoms with Crippen molar-refractivity contribution in [1.82, 2.24) is 4.90 Å². The van der Waals surface area contributed by atoms with Gasteiger partial charge in [0.15, 0.2) is 11.6 Å². The van der Waals surface area contributed by atoms with Gasteiger partial charge >= 0.3 is 6.09 Å². The SMILES string of the molecule is COc1ccc(N2CCN(C(=O)OCC(C)C)CC2=O)cc1F. The van der Waals surface area contributed by atoms with E-state index in [2.05, 4.69) is 0 Å². The number of amides is 2. The molecule has 126 valence electrons. The molecule has 1 heterocycles. The molecular weight excluding hydrogens is 303 g/mol. The fourth-order valence-electron chi connectivity index (χ4n) is 2.25. The monoisotopic (exact) mass is 324 g/mol. The Bertz CT molecular complexity index is 591. The van der Waals surface area contributed by atoms with Gasteiger partial charge in [0, 0.05) is 24.8 Å². The number of hydrogen-bond donors (Lipinski definition) is 0. The lowest BCUT2D eigenvalue weighted by atomic mass is 10.2. The average Bonchev–Trinajstić information content (AvgIpc) is 2.52. The van der Waals surface area contributed by atoms with Gasteiger partial charge in [-0.1, -0.05) is 13.8 Å². The molecule has 1 aliphatic rings. The summed E-state index contributed by atoms with van der Waals surface area (Å²) < 4.78 is 23.7. The summed E-state index contributed by atoms with van der Waals surface area (Å²) in [4.78, 5) is 26.9. The zero-order valence-corrected chi connectivity index (χ0v) is 13.5. The summed E-state index contributed by atoms with van der Waals surface area (Å²) in [5, 5.41) is 0. The summed E-state index contributed by atoms with van der Waals surface area (Å²) in [6.45, 7) is 4.75. The Morgan fingerprint density at radius 1 is 1.35 bits per heavy atom. The van der Waals surface area contributed by atoms with Gasteiger partial charge in [-0.3, -0.25) is 9.69 Å². The van der Waals surface area contributed by atoms with Crippen LogP contribution in [0.25, 0.3) is 0 Å². The van der Waals surface area contributed by atoms with Crippen LogP contribution < -0.4 is 9.64 Å². The molecule has 0 aromatic heterocycles. The molecule has 1 saturated heterocycles. The number of anilines is 1. The summed E-state index contributed by atoms with van der Waals surface area (Å²) >= 11 is 0. The minimum atomic E-state index is -0.531. The second kappa shape index (κ2) is 7.30. The third kappa shape index (κ3) is 4.12. The predicted molar refractivity (Wildman–Crippen MR) is 83.1 cm³/mol. The number of carbonyl (C=O) groups excluding carboxylic acids is 2. The highest BCUT2D eigenvalue weighted by Crippen LogP contribution is 2.24. The average molecular weight is 324 g/mol. The minimum Gasteiger partial charge on any atom is -0.494 e. The summed E-state index contributed by atoms with van der Waals surface area (Å²) in [5.41, 5.74) is 0.448. The van der Waals surface area contributed by atoms with Crippen molar-refractivity contribution in [2.24, 2.45) is 5.92 Å². The van der Waals surface area contributed by atoms with Crippen molar-refractivity contribution in [3.8, 4) is 5.75 Å². The Morgan fingerprint density at radius 3 is 2.65 bits per heavy atom. The van der Waals surface area contributed by atoms with Crippen LogP contribution in [0, 0.1) is 11.7 Å². The molecule has 0 saturated carbocycles. The Balaban J connectivity index is 2.00. The van der Waals surface area contributed by atoms with Crippen molar-refractivity contribution in [2.75, 3.05) is 38.3 Å². The number of hydrogen-bond acceptors (Lipinski definition) is 4. The van der Waals surface area contributed by atoms with Crippen molar-refractivity contribution < 1.29 is 23.5 Å². The first kappa shape index (κ1) is 17.1. The minimum absolute atomic E-state index is 0.0788. The molecular formula is C16H21FN2O4. The van der Waals surface area contributed by atoms with E-state index in [-0.39, 0.29) is 24.1 Å². The first-order chi connectivity index (χ1) is 10.9. The van der Waals surface area contributed by atoms with Crippen molar-refractivity contribution >= 4 is 17.7 Å². The lowest BCUT2D eigenvalue weighted by Crippen LogP contribution is -2.52. The van der Waals surface area contributed by atoms with Crippen molar-refractivity contribution in [1.29, 1.82) is 0 Å². The molecule has 1 aromatic rings. The maximum Gasteiger partial charge on any atom is 0.410 e. The molecule has 1 aromatic carbocycles. The largest absolute Gasteiger partial charge is 0.494 e. The molecule has 0 aliphatic carbocycles. The Kier molecular flexibility index (Phi) is 5.41. The number of piperazine rings is 1. The molecule has 0 N–H and O–H groups in total. The number of halogens is 1. The highest BCUT2D eigenvalue weighted by Gasteiger charge is 2.29. The second-order valence-electron chi connectivity index (χ2n) is 5.76. The van der Waals surface area contributed by atoms with E-state index in [1.54, 1.807) is 6.07 Å². The molecule has 0 radical (unpaired) electrons. The Labute approximate surface area is 134 Å². The topological polar surface area (TPSA) is 59.1 Å². The standard InChI is InChI=1S/C16H21FN2O4/c1-11(2)10-23-16(21)18-6-7-19(15(20)9-18)12-4-5-14(22-3)13(17)8-12/h4-5,8,11H,6-7,9-10H2,1-3H3. The number of benzene rings is 1. The van der Waals surface area contributed by atoms with Crippen LogP contribution in [0.4, 0.5) is 14.9 Å². The highest BCUT2D eigenvalue weighted by molar-refractivity contribution is 5.97. The van der Waals surface area contributed by atoms with E-state index in [0.29, 0.717) is 25.4 Å². The lowest BCUT2D eigenvalue weighted by Gasteiger charge is -2.33. The van der Waals surface area contributed by atoms with Crippen LogP contribution in [0.2, 0.25) is 0 Å². The van der Waals surface area contributed by atoms with E-state index < -0.39 is 11.9 Å². The molecule has 1 fully saturated rings. The third-order valence-corrected chi connectivity index (χ3v) is 3.47. The maximum atomic E-state index is 13.8. The summed E-state index contributed by atoms with van der Waals surface area (Å²) in [6, 6.07) is 4.34. The van der Waals surface area contributed by atoms with E-state index in [9.17, 15) is 14.0 Å². The first-order valence-corrected chi connectivity index (χ1v) is 7.48. The van der Waals surface area contributed by atoms with Gasteiger partial charge in [0.05, 0.1) is 13.7 Å². The van der Waals surface area contributed by atoms with Gasteiger partial charge in [-0.15, -0.1) is 0 Å². The molecule has 2 amide bonds. The smallest absolute Gasteiger partial charge is 0.410 e. The number of rotatable bonds is 4. The molecule has 1 aliphatic heterocycles. The van der Waals surface area contributed by atoms with E-state index in [1.165, 1.54) is 29.0 Å². The zero-order valence-electron chi connectivity index (χ0n) is 13.5. The first-order valence-electron chi connectivity index (χ1n) is 7.48. The van der Waals surface area contributed by atoms with Gasteiger partial charge in [-0.25, -0.2) is 9.18 Å². The van der Waals surface area contributed by atoms with Crippen molar-refractivity contribution in [2.45, 2.75) is 13.8 Å². The normalized spacial score (nSPS) is 15.1. The zero-order chi connectivity index (χ0) is 17.0. The fourth-order valence-corrected chi connectivity index (χ4v) is 2.25. The van der Waals surface area contributed by atoms with Crippen LogP contribution in [0.1, 0.15) is 13.8 Å². The van der Waals surface area contributed by atoms with E-state index in [1.807, 2.05) is 13.8 Å². The van der Waals surface area contributed by atoms with Crippen LogP contribution in [-0.2, 0) is 9.53 Å². The summed E-state index contributed by atoms with van der Waals surface area (Å²) in [5.74, 6) is -0.450. The third-order valence-electron chi connectivity index (χ3n) is 3.47. The van der Waals surface area contributed by atoms with Crippen molar-refractivity contribution in [3.05, 3.63) is 24.0 Å². The highest BCUT2D eigenvalue weighted by atomic mass is 19.1. The van der Waals surface area contributed by atoms with E-state index in [4.69, 9.17) is 9.47 Å². The number of methoxy groups -OCH3 is 1. The number of carbonyl (C=O) groups is 2. The molecule has 0 bridgehead atoms. The van der Waals surface area contributed by atoms with Crippen LogP contribution in [0.3, 0.4) is 0 Å². The molecule has 6 nitrogen and oxygen atoms in total. The van der Waals surface area contributed by atoms with Gasteiger partial charge in [-0.05, 0) is 18.1 Å². The molecule has 2 rings (SSSR count). The van der Waals surface area contributed by atoms with Gasteiger partial charge in [0.2, 0.25) is 5.91 Å². The Hall–Kier alpha value is -2.31. The van der Waals surface area contributed by atoms with Crippen LogP contribution >= 0.6 is 0 Å². The fraction of sp³-hybridized carbons (Fsp3) is 0.500. The van der Waals surface area contributed by atoms with Gasteiger partial charge in [-0.2, -0.15) is 0 Å². The quantitative estimate of drug-likeness (QED) is 0.852. The lowest BCUT2D eigenvalue weighted by molar-refractivity contribution is -0.120. The van der Waals surface area contributed by atoms with Gasteiger partial charge in [0.25, 0.3) is 0 Å². The summed E-state index contributed by atoms with van der Waals surface area (Å²) in [6.07, 6.45) is -0.493. The summed E-state index contributed by atoms with van der Waals surface area (Å²) in [7, 11) is 1.38. The van der Waals surface area contributed by atoms with Crippen molar-refractivity contribution in [3.63, 3.8) is 0 Å².